The van der Waals surface area contributed by atoms with Gasteiger partial charge in [-0.3, -0.25) is 0 Å². The molecule has 1 N–H and O–H groups in total. The number of hydrogen-bond acceptors (Lipinski definition) is 1. The summed E-state index contributed by atoms with van der Waals surface area (Å²) in [5.74, 6) is 0. The first-order chi connectivity index (χ1) is 8.77. The molecule has 0 aliphatic heterocycles. The third kappa shape index (κ3) is 21.4. The van der Waals surface area contributed by atoms with E-state index < -0.39 is 0 Å². The van der Waals surface area contributed by atoms with Gasteiger partial charge in [-0.2, -0.15) is 0 Å². The quantitative estimate of drug-likeness (QED) is 0.342. The summed E-state index contributed by atoms with van der Waals surface area (Å²) < 4.78 is 0. The number of rotatable bonds is 14. The minimum atomic E-state index is -0.0993. The van der Waals surface area contributed by atoms with Gasteiger partial charge >= 0.3 is 29.6 Å². The standard InChI is InChI=1S/C17H36O.Na.H/c1-3-4-5-6-7-8-9-10-11-12-13-14-15-16-17(2)18;;/h17-18H,3-16H2,1-2H3;;. The first-order valence-electron chi connectivity index (χ1n) is 8.45. The number of unbranched alkanes of at least 4 members (excludes halogenated alkanes) is 12. The molecule has 0 saturated heterocycles. The predicted molar refractivity (Wildman–Crippen MR) is 89.1 cm³/mol. The fourth-order valence-electron chi connectivity index (χ4n) is 2.46. The summed E-state index contributed by atoms with van der Waals surface area (Å²) in [6.45, 7) is 4.17. The van der Waals surface area contributed by atoms with Crippen LogP contribution in [0.1, 0.15) is 104 Å². The summed E-state index contributed by atoms with van der Waals surface area (Å²) in [4.78, 5) is 0. The first-order valence-corrected chi connectivity index (χ1v) is 8.45. The van der Waals surface area contributed by atoms with Crippen LogP contribution in [0.5, 0.6) is 0 Å². The predicted octanol–water partition coefficient (Wildman–Crippen LogP) is 5.20. The summed E-state index contributed by atoms with van der Waals surface area (Å²) in [7, 11) is 0. The molecule has 2 heteroatoms. The van der Waals surface area contributed by atoms with Crippen LogP contribution in [-0.4, -0.2) is 40.8 Å². The Balaban J connectivity index is 0. The number of aliphatic hydroxyl groups is 1. The second-order valence-corrected chi connectivity index (χ2v) is 5.88. The Hall–Kier alpha value is 0.960. The van der Waals surface area contributed by atoms with Crippen LogP contribution < -0.4 is 0 Å². The Bertz CT molecular complexity index is 148. The molecule has 0 radical (unpaired) electrons. The summed E-state index contributed by atoms with van der Waals surface area (Å²) in [5.41, 5.74) is 0. The van der Waals surface area contributed by atoms with Gasteiger partial charge in [0.15, 0.2) is 0 Å². The van der Waals surface area contributed by atoms with Crippen LogP contribution in [0, 0.1) is 0 Å². The van der Waals surface area contributed by atoms with Gasteiger partial charge in [-0.15, -0.1) is 0 Å². The molecule has 0 bridgehead atoms. The molecule has 0 rings (SSSR count). The molecule has 1 nitrogen and oxygen atoms in total. The van der Waals surface area contributed by atoms with Gasteiger partial charge in [0.05, 0.1) is 6.10 Å². The molecule has 0 aromatic rings. The van der Waals surface area contributed by atoms with Crippen molar-refractivity contribution >= 4 is 29.6 Å². The Morgan fingerprint density at radius 1 is 0.632 bits per heavy atom. The molecule has 0 aliphatic carbocycles. The molecule has 1 atom stereocenters. The van der Waals surface area contributed by atoms with Crippen LogP contribution in [0.4, 0.5) is 0 Å². The van der Waals surface area contributed by atoms with Crippen molar-refractivity contribution in [3.63, 3.8) is 0 Å². The first kappa shape index (κ1) is 22.2. The maximum absolute atomic E-state index is 9.13. The van der Waals surface area contributed by atoms with Gasteiger partial charge in [0.1, 0.15) is 0 Å². The van der Waals surface area contributed by atoms with Crippen LogP contribution in [-0.2, 0) is 0 Å². The molecule has 0 saturated carbocycles. The van der Waals surface area contributed by atoms with E-state index in [-0.39, 0.29) is 35.7 Å². The normalized spacial score (nSPS) is 12.2. The third-order valence-electron chi connectivity index (χ3n) is 3.73. The molecule has 0 aromatic heterocycles. The van der Waals surface area contributed by atoms with Crippen molar-refractivity contribution in [3.05, 3.63) is 0 Å². The number of aliphatic hydroxyl groups excluding tert-OH is 1. The summed E-state index contributed by atoms with van der Waals surface area (Å²) >= 11 is 0. The average molecular weight is 280 g/mol. The Morgan fingerprint density at radius 3 is 1.26 bits per heavy atom. The molecule has 0 heterocycles. The topological polar surface area (TPSA) is 20.2 Å². The fourth-order valence-corrected chi connectivity index (χ4v) is 2.46. The molecule has 0 spiro atoms. The van der Waals surface area contributed by atoms with E-state index in [4.69, 9.17) is 5.11 Å². The van der Waals surface area contributed by atoms with E-state index in [1.807, 2.05) is 6.92 Å². The molecular formula is C17H37NaO. The van der Waals surface area contributed by atoms with Crippen LogP contribution in [0.3, 0.4) is 0 Å². The van der Waals surface area contributed by atoms with E-state index in [1.54, 1.807) is 0 Å². The Labute approximate surface area is 144 Å². The monoisotopic (exact) mass is 280 g/mol. The van der Waals surface area contributed by atoms with Crippen LogP contribution >= 0.6 is 0 Å². The molecule has 0 aliphatic rings. The molecule has 1 unspecified atom stereocenters. The number of hydrogen-bond donors (Lipinski definition) is 1. The van der Waals surface area contributed by atoms with Crippen molar-refractivity contribution in [2.45, 2.75) is 110 Å². The zero-order valence-electron chi connectivity index (χ0n) is 12.9. The van der Waals surface area contributed by atoms with Gasteiger partial charge in [-0.25, -0.2) is 0 Å². The van der Waals surface area contributed by atoms with Crippen molar-refractivity contribution in [1.82, 2.24) is 0 Å². The fraction of sp³-hybridized carbons (Fsp3) is 1.00. The second kappa shape index (κ2) is 19.0. The van der Waals surface area contributed by atoms with Gasteiger partial charge in [0, 0.05) is 0 Å². The van der Waals surface area contributed by atoms with E-state index in [0.717, 1.165) is 6.42 Å². The van der Waals surface area contributed by atoms with E-state index in [9.17, 15) is 0 Å². The Kier molecular flexibility index (Phi) is 22.2. The van der Waals surface area contributed by atoms with Crippen LogP contribution in [0.15, 0.2) is 0 Å². The van der Waals surface area contributed by atoms with Crippen molar-refractivity contribution in [1.29, 1.82) is 0 Å². The zero-order chi connectivity index (χ0) is 13.5. The van der Waals surface area contributed by atoms with Gasteiger partial charge < -0.3 is 5.11 Å². The average Bonchev–Trinajstić information content (AvgIpc) is 2.34. The summed E-state index contributed by atoms with van der Waals surface area (Å²) in [6.07, 6.45) is 19.0. The molecule has 0 aromatic carbocycles. The minimum absolute atomic E-state index is 0. The van der Waals surface area contributed by atoms with Crippen LogP contribution in [0.25, 0.3) is 0 Å². The third-order valence-corrected chi connectivity index (χ3v) is 3.73. The van der Waals surface area contributed by atoms with Crippen LogP contribution in [0.2, 0.25) is 0 Å². The van der Waals surface area contributed by atoms with Crippen molar-refractivity contribution in [3.8, 4) is 0 Å². The van der Waals surface area contributed by atoms with E-state index >= 15 is 0 Å². The summed E-state index contributed by atoms with van der Waals surface area (Å²) in [6, 6.07) is 0. The molecular weight excluding hydrogens is 243 g/mol. The maximum atomic E-state index is 9.13. The van der Waals surface area contributed by atoms with E-state index in [1.165, 1.54) is 83.5 Å². The molecule has 0 fully saturated rings. The molecule has 112 valence electrons. The van der Waals surface area contributed by atoms with Gasteiger partial charge in [0.25, 0.3) is 0 Å². The zero-order valence-corrected chi connectivity index (χ0v) is 12.9. The van der Waals surface area contributed by atoms with Crippen molar-refractivity contribution in [2.24, 2.45) is 0 Å². The Morgan fingerprint density at radius 2 is 0.947 bits per heavy atom. The molecule has 19 heavy (non-hydrogen) atoms. The summed E-state index contributed by atoms with van der Waals surface area (Å²) in [5, 5.41) is 9.13. The van der Waals surface area contributed by atoms with Gasteiger partial charge in [-0.05, 0) is 13.3 Å². The molecule has 0 amide bonds. The van der Waals surface area contributed by atoms with E-state index in [0.29, 0.717) is 0 Å². The van der Waals surface area contributed by atoms with E-state index in [2.05, 4.69) is 6.92 Å². The van der Waals surface area contributed by atoms with Crippen molar-refractivity contribution in [2.75, 3.05) is 0 Å². The van der Waals surface area contributed by atoms with Gasteiger partial charge in [0.2, 0.25) is 0 Å². The second-order valence-electron chi connectivity index (χ2n) is 5.88. The van der Waals surface area contributed by atoms with Gasteiger partial charge in [-0.1, -0.05) is 90.4 Å². The van der Waals surface area contributed by atoms with Crippen molar-refractivity contribution < 1.29 is 5.11 Å². The SMILES string of the molecule is CCCCCCCCCCCCCCCC(C)O.[NaH].